The minimum absolute atomic E-state index is 0.0850. The zero-order valence-electron chi connectivity index (χ0n) is 12.3. The molecule has 0 aliphatic heterocycles. The van der Waals surface area contributed by atoms with Gasteiger partial charge in [-0.2, -0.15) is 0 Å². The molecule has 0 aromatic heterocycles. The summed E-state index contributed by atoms with van der Waals surface area (Å²) >= 11 is 0. The van der Waals surface area contributed by atoms with E-state index in [2.05, 4.69) is 26.0 Å². The molecule has 1 aromatic carbocycles. The first-order valence-electron chi connectivity index (χ1n) is 7.75. The summed E-state index contributed by atoms with van der Waals surface area (Å²) in [6, 6.07) is 8.35. The summed E-state index contributed by atoms with van der Waals surface area (Å²) in [6.45, 7) is 4.41. The first kappa shape index (κ1) is 14.4. The molecular formula is C17H27NO. The van der Waals surface area contributed by atoms with Crippen LogP contribution in [0.15, 0.2) is 24.3 Å². The molecule has 2 nitrogen and oxygen atoms in total. The van der Waals surface area contributed by atoms with E-state index in [1.807, 2.05) is 12.1 Å². The van der Waals surface area contributed by atoms with Crippen LogP contribution in [0.3, 0.4) is 0 Å². The van der Waals surface area contributed by atoms with Crippen LogP contribution in [0.1, 0.15) is 64.0 Å². The van der Waals surface area contributed by atoms with Gasteiger partial charge in [0.25, 0.3) is 0 Å². The molecule has 2 heteroatoms. The summed E-state index contributed by atoms with van der Waals surface area (Å²) in [6.07, 6.45) is 7.65. The van der Waals surface area contributed by atoms with Crippen molar-refractivity contribution in [2.45, 2.75) is 64.5 Å². The Balaban J connectivity index is 2.06. The fourth-order valence-electron chi connectivity index (χ4n) is 3.01. The van der Waals surface area contributed by atoms with E-state index in [1.165, 1.54) is 32.1 Å². The summed E-state index contributed by atoms with van der Waals surface area (Å²) in [5.41, 5.74) is 7.33. The minimum atomic E-state index is 0.0850. The molecule has 1 aliphatic rings. The molecule has 1 aromatic rings. The Morgan fingerprint density at radius 3 is 2.79 bits per heavy atom. The van der Waals surface area contributed by atoms with Crippen LogP contribution in [0.5, 0.6) is 5.75 Å². The summed E-state index contributed by atoms with van der Waals surface area (Å²) < 4.78 is 6.26. The summed E-state index contributed by atoms with van der Waals surface area (Å²) in [5.74, 6) is 1.84. The van der Waals surface area contributed by atoms with Gasteiger partial charge in [0, 0.05) is 11.6 Å². The lowest BCUT2D eigenvalue weighted by atomic mass is 9.85. The Kier molecular flexibility index (Phi) is 5.26. The van der Waals surface area contributed by atoms with Crippen molar-refractivity contribution in [2.24, 2.45) is 11.7 Å². The molecule has 106 valence electrons. The van der Waals surface area contributed by atoms with Gasteiger partial charge in [0.15, 0.2) is 0 Å². The molecule has 0 amide bonds. The quantitative estimate of drug-likeness (QED) is 0.850. The van der Waals surface area contributed by atoms with E-state index in [4.69, 9.17) is 10.5 Å². The van der Waals surface area contributed by atoms with Crippen LogP contribution in [0.25, 0.3) is 0 Å². The van der Waals surface area contributed by atoms with Crippen molar-refractivity contribution in [1.82, 2.24) is 0 Å². The smallest absolute Gasteiger partial charge is 0.124 e. The zero-order valence-corrected chi connectivity index (χ0v) is 12.3. The molecule has 2 rings (SSSR count). The molecule has 0 heterocycles. The van der Waals surface area contributed by atoms with Gasteiger partial charge in [-0.3, -0.25) is 0 Å². The van der Waals surface area contributed by atoms with Crippen molar-refractivity contribution in [3.63, 3.8) is 0 Å². The van der Waals surface area contributed by atoms with Crippen LogP contribution in [-0.4, -0.2) is 6.10 Å². The summed E-state index contributed by atoms with van der Waals surface area (Å²) in [5, 5.41) is 0. The van der Waals surface area contributed by atoms with Crippen molar-refractivity contribution < 1.29 is 4.74 Å². The molecule has 3 atom stereocenters. The van der Waals surface area contributed by atoms with Crippen LogP contribution in [0.4, 0.5) is 0 Å². The molecule has 19 heavy (non-hydrogen) atoms. The van der Waals surface area contributed by atoms with E-state index in [0.717, 1.165) is 23.7 Å². The number of hydrogen-bond acceptors (Lipinski definition) is 2. The second kappa shape index (κ2) is 6.95. The van der Waals surface area contributed by atoms with Gasteiger partial charge in [-0.05, 0) is 37.7 Å². The molecule has 1 aliphatic carbocycles. The molecule has 0 radical (unpaired) electrons. The van der Waals surface area contributed by atoms with Gasteiger partial charge in [-0.25, -0.2) is 0 Å². The highest BCUT2D eigenvalue weighted by molar-refractivity contribution is 5.35. The van der Waals surface area contributed by atoms with E-state index in [0.29, 0.717) is 6.10 Å². The maximum absolute atomic E-state index is 6.26. The zero-order chi connectivity index (χ0) is 13.7. The molecule has 1 fully saturated rings. The van der Waals surface area contributed by atoms with Crippen molar-refractivity contribution in [3.05, 3.63) is 29.8 Å². The van der Waals surface area contributed by atoms with Gasteiger partial charge in [-0.15, -0.1) is 0 Å². The highest BCUT2D eigenvalue weighted by Crippen LogP contribution is 2.32. The molecule has 0 bridgehead atoms. The molecule has 0 spiro atoms. The van der Waals surface area contributed by atoms with Crippen LogP contribution in [0.2, 0.25) is 0 Å². The molecule has 2 N–H and O–H groups in total. The van der Waals surface area contributed by atoms with Gasteiger partial charge in [0.1, 0.15) is 5.75 Å². The normalized spacial score (nSPS) is 25.0. The third kappa shape index (κ3) is 3.73. The second-order valence-electron chi connectivity index (χ2n) is 5.73. The first-order valence-corrected chi connectivity index (χ1v) is 7.75. The number of hydrogen-bond donors (Lipinski definition) is 1. The lowest BCUT2D eigenvalue weighted by Crippen LogP contribution is -2.26. The predicted octanol–water partition coefficient (Wildman–Crippen LogP) is 4.44. The third-order valence-electron chi connectivity index (χ3n) is 4.36. The van der Waals surface area contributed by atoms with Crippen LogP contribution < -0.4 is 10.5 Å². The SMILES string of the molecule is CCC1CCCC(Oc2ccccc2C(N)CC)C1. The lowest BCUT2D eigenvalue weighted by Gasteiger charge is -2.30. The number of ether oxygens (including phenoxy) is 1. The summed E-state index contributed by atoms with van der Waals surface area (Å²) in [4.78, 5) is 0. The van der Waals surface area contributed by atoms with Gasteiger partial charge in [0.2, 0.25) is 0 Å². The van der Waals surface area contributed by atoms with E-state index in [9.17, 15) is 0 Å². The van der Waals surface area contributed by atoms with Gasteiger partial charge < -0.3 is 10.5 Å². The number of rotatable bonds is 5. The predicted molar refractivity (Wildman–Crippen MR) is 80.3 cm³/mol. The topological polar surface area (TPSA) is 35.2 Å². The van der Waals surface area contributed by atoms with E-state index >= 15 is 0 Å². The van der Waals surface area contributed by atoms with Gasteiger partial charge in [0.05, 0.1) is 6.10 Å². The minimum Gasteiger partial charge on any atom is -0.490 e. The van der Waals surface area contributed by atoms with E-state index in [1.54, 1.807) is 0 Å². The Labute approximate surface area is 117 Å². The Bertz CT molecular complexity index is 391. The van der Waals surface area contributed by atoms with Crippen molar-refractivity contribution in [2.75, 3.05) is 0 Å². The number of para-hydroxylation sites is 1. The van der Waals surface area contributed by atoms with Gasteiger partial charge in [-0.1, -0.05) is 44.9 Å². The highest BCUT2D eigenvalue weighted by atomic mass is 16.5. The van der Waals surface area contributed by atoms with Gasteiger partial charge >= 0.3 is 0 Å². The third-order valence-corrected chi connectivity index (χ3v) is 4.36. The maximum Gasteiger partial charge on any atom is 0.124 e. The number of benzene rings is 1. The number of nitrogens with two attached hydrogens (primary N) is 1. The van der Waals surface area contributed by atoms with Crippen LogP contribution in [0, 0.1) is 5.92 Å². The van der Waals surface area contributed by atoms with E-state index in [-0.39, 0.29) is 6.04 Å². The Morgan fingerprint density at radius 1 is 1.26 bits per heavy atom. The molecule has 3 unspecified atom stereocenters. The second-order valence-corrected chi connectivity index (χ2v) is 5.73. The van der Waals surface area contributed by atoms with Crippen molar-refractivity contribution in [3.8, 4) is 5.75 Å². The average molecular weight is 261 g/mol. The van der Waals surface area contributed by atoms with Crippen LogP contribution >= 0.6 is 0 Å². The van der Waals surface area contributed by atoms with Crippen molar-refractivity contribution >= 4 is 0 Å². The monoisotopic (exact) mass is 261 g/mol. The largest absolute Gasteiger partial charge is 0.490 e. The molecule has 0 saturated heterocycles. The van der Waals surface area contributed by atoms with E-state index < -0.39 is 0 Å². The highest BCUT2D eigenvalue weighted by Gasteiger charge is 2.23. The fraction of sp³-hybridized carbons (Fsp3) is 0.647. The molecule has 1 saturated carbocycles. The first-order chi connectivity index (χ1) is 9.24. The standard InChI is InChI=1S/C17H27NO/c1-3-13-8-7-9-14(12-13)19-17-11-6-5-10-15(17)16(18)4-2/h5-6,10-11,13-14,16H,3-4,7-9,12,18H2,1-2H3. The Morgan fingerprint density at radius 2 is 2.05 bits per heavy atom. The lowest BCUT2D eigenvalue weighted by molar-refractivity contribution is 0.120. The van der Waals surface area contributed by atoms with Crippen LogP contribution in [-0.2, 0) is 0 Å². The Hall–Kier alpha value is -1.02. The van der Waals surface area contributed by atoms with Crippen molar-refractivity contribution in [1.29, 1.82) is 0 Å². The summed E-state index contributed by atoms with van der Waals surface area (Å²) in [7, 11) is 0. The molecular weight excluding hydrogens is 234 g/mol. The fourth-order valence-corrected chi connectivity index (χ4v) is 3.01. The maximum atomic E-state index is 6.26. The average Bonchev–Trinajstić information content (AvgIpc) is 2.47.